The summed E-state index contributed by atoms with van der Waals surface area (Å²) in [5.41, 5.74) is 0.788. The number of nitrogens with zero attached hydrogens (tertiary/aromatic N) is 2. The van der Waals surface area contributed by atoms with Crippen LogP contribution in [-0.4, -0.2) is 47.9 Å². The minimum Gasteiger partial charge on any atom is -0.336 e. The summed E-state index contributed by atoms with van der Waals surface area (Å²) in [6.45, 7) is 5.96. The molecule has 1 saturated heterocycles. The number of carbonyl (C=O) groups excluding carboxylic acids is 1. The van der Waals surface area contributed by atoms with Crippen molar-refractivity contribution in [3.8, 4) is 0 Å². The molecule has 1 fully saturated rings. The summed E-state index contributed by atoms with van der Waals surface area (Å²) in [5.74, 6) is 0.150. The predicted octanol–water partition coefficient (Wildman–Crippen LogP) is 1.85. The van der Waals surface area contributed by atoms with Crippen molar-refractivity contribution < 1.29 is 4.79 Å². The lowest BCUT2D eigenvalue weighted by Crippen LogP contribution is -2.56. The fraction of sp³-hybridized carbons (Fsp3) is 0.500. The molecule has 3 heteroatoms. The van der Waals surface area contributed by atoms with E-state index in [4.69, 9.17) is 0 Å². The van der Waals surface area contributed by atoms with Crippen LogP contribution >= 0.6 is 0 Å². The average molecular weight is 232 g/mol. The van der Waals surface area contributed by atoms with E-state index in [1.165, 1.54) is 0 Å². The summed E-state index contributed by atoms with van der Waals surface area (Å²) in [5, 5.41) is 0. The molecule has 2 atom stereocenters. The van der Waals surface area contributed by atoms with Crippen molar-refractivity contribution in [1.82, 2.24) is 9.80 Å². The van der Waals surface area contributed by atoms with E-state index in [0.717, 1.165) is 18.7 Å². The van der Waals surface area contributed by atoms with E-state index in [2.05, 4.69) is 25.8 Å². The molecule has 1 heterocycles. The number of carbonyl (C=O) groups is 1. The Morgan fingerprint density at radius 2 is 1.65 bits per heavy atom. The molecular weight excluding hydrogens is 212 g/mol. The number of likely N-dealkylation sites (N-methyl/N-ethyl adjacent to an activating group) is 1. The highest BCUT2D eigenvalue weighted by Crippen LogP contribution is 2.15. The van der Waals surface area contributed by atoms with E-state index in [0.29, 0.717) is 12.1 Å². The average Bonchev–Trinajstić information content (AvgIpc) is 2.35. The maximum absolute atomic E-state index is 12.3. The Kier molecular flexibility index (Phi) is 3.48. The van der Waals surface area contributed by atoms with Crippen LogP contribution in [0.15, 0.2) is 30.3 Å². The van der Waals surface area contributed by atoms with Gasteiger partial charge in [0.05, 0.1) is 0 Å². The summed E-state index contributed by atoms with van der Waals surface area (Å²) in [4.78, 5) is 16.6. The lowest BCUT2D eigenvalue weighted by Gasteiger charge is -2.42. The highest BCUT2D eigenvalue weighted by Gasteiger charge is 2.29. The van der Waals surface area contributed by atoms with Gasteiger partial charge in [-0.3, -0.25) is 9.69 Å². The molecule has 1 aliphatic rings. The molecule has 17 heavy (non-hydrogen) atoms. The Morgan fingerprint density at radius 1 is 1.12 bits per heavy atom. The number of hydrogen-bond acceptors (Lipinski definition) is 2. The summed E-state index contributed by atoms with van der Waals surface area (Å²) < 4.78 is 0. The van der Waals surface area contributed by atoms with Gasteiger partial charge in [-0.05, 0) is 33.0 Å². The molecule has 1 aliphatic heterocycles. The van der Waals surface area contributed by atoms with Crippen molar-refractivity contribution in [1.29, 1.82) is 0 Å². The molecule has 0 spiro atoms. The van der Waals surface area contributed by atoms with Gasteiger partial charge in [-0.25, -0.2) is 0 Å². The second-order valence-corrected chi connectivity index (χ2v) is 4.94. The Morgan fingerprint density at radius 3 is 2.18 bits per heavy atom. The van der Waals surface area contributed by atoms with Gasteiger partial charge in [0.15, 0.2) is 0 Å². The van der Waals surface area contributed by atoms with Crippen molar-refractivity contribution >= 4 is 5.91 Å². The molecule has 92 valence electrons. The lowest BCUT2D eigenvalue weighted by atomic mass is 10.1. The highest BCUT2D eigenvalue weighted by atomic mass is 16.2. The van der Waals surface area contributed by atoms with Gasteiger partial charge in [-0.1, -0.05) is 18.2 Å². The topological polar surface area (TPSA) is 23.6 Å². The van der Waals surface area contributed by atoms with Crippen molar-refractivity contribution in [3.05, 3.63) is 35.9 Å². The first-order valence-corrected chi connectivity index (χ1v) is 6.16. The summed E-state index contributed by atoms with van der Waals surface area (Å²) >= 11 is 0. The van der Waals surface area contributed by atoms with Crippen LogP contribution in [0.2, 0.25) is 0 Å². The Labute approximate surface area is 103 Å². The van der Waals surface area contributed by atoms with E-state index in [1.54, 1.807) is 0 Å². The van der Waals surface area contributed by atoms with Crippen LogP contribution in [0.3, 0.4) is 0 Å². The minimum absolute atomic E-state index is 0.150. The molecule has 0 unspecified atom stereocenters. The second kappa shape index (κ2) is 4.88. The first-order valence-electron chi connectivity index (χ1n) is 6.16. The zero-order valence-corrected chi connectivity index (χ0v) is 10.8. The maximum atomic E-state index is 12.3. The van der Waals surface area contributed by atoms with Gasteiger partial charge in [0.1, 0.15) is 0 Å². The van der Waals surface area contributed by atoms with Crippen LogP contribution in [-0.2, 0) is 0 Å². The zero-order valence-electron chi connectivity index (χ0n) is 10.8. The van der Waals surface area contributed by atoms with Crippen molar-refractivity contribution in [2.75, 3.05) is 20.1 Å². The number of rotatable bonds is 1. The Hall–Kier alpha value is -1.35. The van der Waals surface area contributed by atoms with Crippen LogP contribution in [0.5, 0.6) is 0 Å². The van der Waals surface area contributed by atoms with Crippen LogP contribution in [0.4, 0.5) is 0 Å². The molecule has 1 amide bonds. The highest BCUT2D eigenvalue weighted by molar-refractivity contribution is 5.94. The third-order valence-electron chi connectivity index (χ3n) is 3.67. The first-order chi connectivity index (χ1) is 8.09. The smallest absolute Gasteiger partial charge is 0.253 e. The number of piperazine rings is 1. The van der Waals surface area contributed by atoms with E-state index in [-0.39, 0.29) is 5.91 Å². The molecule has 3 nitrogen and oxygen atoms in total. The molecule has 0 aromatic heterocycles. The summed E-state index contributed by atoms with van der Waals surface area (Å²) in [6, 6.07) is 10.4. The molecule has 1 aromatic rings. The molecule has 2 rings (SSSR count). The second-order valence-electron chi connectivity index (χ2n) is 4.94. The van der Waals surface area contributed by atoms with E-state index >= 15 is 0 Å². The van der Waals surface area contributed by atoms with Gasteiger partial charge in [0.25, 0.3) is 5.91 Å². The normalized spacial score (nSPS) is 25.9. The largest absolute Gasteiger partial charge is 0.336 e. The summed E-state index contributed by atoms with van der Waals surface area (Å²) in [7, 11) is 2.12. The van der Waals surface area contributed by atoms with Crippen LogP contribution in [0.1, 0.15) is 24.2 Å². The molecule has 0 radical (unpaired) electrons. The van der Waals surface area contributed by atoms with Gasteiger partial charge in [0.2, 0.25) is 0 Å². The number of amides is 1. The number of hydrogen-bond donors (Lipinski definition) is 0. The van der Waals surface area contributed by atoms with Crippen molar-refractivity contribution in [2.45, 2.75) is 25.9 Å². The third kappa shape index (κ3) is 2.50. The van der Waals surface area contributed by atoms with Crippen LogP contribution < -0.4 is 0 Å². The monoisotopic (exact) mass is 232 g/mol. The maximum Gasteiger partial charge on any atom is 0.253 e. The molecule has 0 N–H and O–H groups in total. The lowest BCUT2D eigenvalue weighted by molar-refractivity contribution is 0.0414. The summed E-state index contributed by atoms with van der Waals surface area (Å²) in [6.07, 6.45) is 0. The molecule has 0 aliphatic carbocycles. The van der Waals surface area contributed by atoms with E-state index in [1.807, 2.05) is 35.2 Å². The van der Waals surface area contributed by atoms with Gasteiger partial charge < -0.3 is 4.90 Å². The van der Waals surface area contributed by atoms with Gasteiger partial charge >= 0.3 is 0 Å². The van der Waals surface area contributed by atoms with Gasteiger partial charge in [-0.15, -0.1) is 0 Å². The van der Waals surface area contributed by atoms with E-state index < -0.39 is 0 Å². The van der Waals surface area contributed by atoms with Crippen LogP contribution in [0, 0.1) is 0 Å². The molecular formula is C14H20N2O. The minimum atomic E-state index is 0.150. The zero-order chi connectivity index (χ0) is 12.4. The van der Waals surface area contributed by atoms with Gasteiger partial charge in [0, 0.05) is 30.7 Å². The fourth-order valence-electron chi connectivity index (χ4n) is 2.33. The predicted molar refractivity (Wildman–Crippen MR) is 69.0 cm³/mol. The quantitative estimate of drug-likeness (QED) is 0.738. The Bertz CT molecular complexity index is 378. The fourth-order valence-corrected chi connectivity index (χ4v) is 2.33. The van der Waals surface area contributed by atoms with Crippen LogP contribution in [0.25, 0.3) is 0 Å². The van der Waals surface area contributed by atoms with Crippen molar-refractivity contribution in [2.24, 2.45) is 0 Å². The van der Waals surface area contributed by atoms with Gasteiger partial charge in [-0.2, -0.15) is 0 Å². The number of benzene rings is 1. The Balaban J connectivity index is 2.11. The van der Waals surface area contributed by atoms with E-state index in [9.17, 15) is 4.79 Å². The molecule has 0 bridgehead atoms. The first kappa shape index (κ1) is 12.1. The molecule has 1 aromatic carbocycles. The van der Waals surface area contributed by atoms with Crippen molar-refractivity contribution in [3.63, 3.8) is 0 Å². The molecule has 0 saturated carbocycles. The SMILES string of the molecule is C[C@@H]1CN(C(=O)c2ccccc2)C[C@H](C)N1C. The third-order valence-corrected chi connectivity index (χ3v) is 3.67. The standard InChI is InChI=1S/C14H20N2O/c1-11-9-16(10-12(2)15(11)3)14(17)13-7-5-4-6-8-13/h4-8,11-12H,9-10H2,1-3H3/t11-,12+.